The zero-order valence-electron chi connectivity index (χ0n) is 13.5. The SMILES string of the molecule is CNc1nc(C(=O)N2C[C@@H](C(=O)O)[C@H](c3ccccc3C)C2)cs1. The van der Waals surface area contributed by atoms with Gasteiger partial charge < -0.3 is 15.3 Å². The fourth-order valence-electron chi connectivity index (χ4n) is 3.19. The van der Waals surface area contributed by atoms with E-state index in [0.29, 0.717) is 17.4 Å². The van der Waals surface area contributed by atoms with Crippen LogP contribution in [0.3, 0.4) is 0 Å². The Morgan fingerprint density at radius 3 is 2.71 bits per heavy atom. The van der Waals surface area contributed by atoms with Crippen LogP contribution in [0.15, 0.2) is 29.6 Å². The number of hydrogen-bond donors (Lipinski definition) is 2. The first-order valence-electron chi connectivity index (χ1n) is 7.72. The van der Waals surface area contributed by atoms with Gasteiger partial charge >= 0.3 is 5.97 Å². The first kappa shape index (κ1) is 16.4. The number of aryl methyl sites for hydroxylation is 1. The number of carbonyl (C=O) groups is 2. The number of amides is 1. The molecule has 1 aliphatic heterocycles. The molecule has 6 nitrogen and oxygen atoms in total. The van der Waals surface area contributed by atoms with Gasteiger partial charge in [-0.05, 0) is 18.1 Å². The van der Waals surface area contributed by atoms with Crippen molar-refractivity contribution in [1.82, 2.24) is 9.88 Å². The molecule has 0 unspecified atom stereocenters. The quantitative estimate of drug-likeness (QED) is 0.889. The average molecular weight is 345 g/mol. The van der Waals surface area contributed by atoms with E-state index < -0.39 is 11.9 Å². The summed E-state index contributed by atoms with van der Waals surface area (Å²) in [4.78, 5) is 30.2. The molecule has 3 rings (SSSR count). The lowest BCUT2D eigenvalue weighted by atomic mass is 9.86. The predicted molar refractivity (Wildman–Crippen MR) is 92.6 cm³/mol. The molecule has 1 aliphatic rings. The number of benzene rings is 1. The minimum atomic E-state index is -0.868. The van der Waals surface area contributed by atoms with Crippen LogP contribution in [0, 0.1) is 12.8 Å². The summed E-state index contributed by atoms with van der Waals surface area (Å²) in [5, 5.41) is 14.9. The summed E-state index contributed by atoms with van der Waals surface area (Å²) in [5.74, 6) is -1.88. The van der Waals surface area contributed by atoms with Crippen LogP contribution in [0.4, 0.5) is 5.13 Å². The van der Waals surface area contributed by atoms with Crippen LogP contribution in [0.5, 0.6) is 0 Å². The van der Waals surface area contributed by atoms with E-state index >= 15 is 0 Å². The zero-order chi connectivity index (χ0) is 17.3. The second kappa shape index (κ2) is 6.60. The van der Waals surface area contributed by atoms with Crippen molar-refractivity contribution >= 4 is 28.3 Å². The number of nitrogens with one attached hydrogen (secondary N) is 1. The lowest BCUT2D eigenvalue weighted by molar-refractivity contribution is -0.141. The summed E-state index contributed by atoms with van der Waals surface area (Å²) >= 11 is 1.36. The van der Waals surface area contributed by atoms with Crippen LogP contribution < -0.4 is 5.32 Å². The summed E-state index contributed by atoms with van der Waals surface area (Å²) in [6, 6.07) is 7.76. The van der Waals surface area contributed by atoms with Gasteiger partial charge in [0.25, 0.3) is 5.91 Å². The molecule has 1 fully saturated rings. The van der Waals surface area contributed by atoms with E-state index in [1.165, 1.54) is 11.3 Å². The van der Waals surface area contributed by atoms with Crippen molar-refractivity contribution in [3.63, 3.8) is 0 Å². The van der Waals surface area contributed by atoms with E-state index in [-0.39, 0.29) is 18.4 Å². The monoisotopic (exact) mass is 345 g/mol. The fraction of sp³-hybridized carbons (Fsp3) is 0.353. The normalized spacial score (nSPS) is 20.2. The van der Waals surface area contributed by atoms with Crippen molar-refractivity contribution in [1.29, 1.82) is 0 Å². The zero-order valence-corrected chi connectivity index (χ0v) is 14.3. The molecular formula is C17H19N3O3S. The van der Waals surface area contributed by atoms with Gasteiger partial charge in [0.15, 0.2) is 5.13 Å². The fourth-order valence-corrected chi connectivity index (χ4v) is 3.83. The number of anilines is 1. The van der Waals surface area contributed by atoms with Crippen molar-refractivity contribution in [2.45, 2.75) is 12.8 Å². The molecule has 2 atom stereocenters. The summed E-state index contributed by atoms with van der Waals surface area (Å²) < 4.78 is 0. The number of carboxylic acid groups (broad SMARTS) is 1. The van der Waals surface area contributed by atoms with Crippen molar-refractivity contribution < 1.29 is 14.7 Å². The third-order valence-corrected chi connectivity index (χ3v) is 5.31. The highest BCUT2D eigenvalue weighted by molar-refractivity contribution is 7.13. The third kappa shape index (κ3) is 2.99. The molecule has 0 radical (unpaired) electrons. The Hall–Kier alpha value is -2.41. The number of carbonyl (C=O) groups excluding carboxylic acids is 1. The highest BCUT2D eigenvalue weighted by Gasteiger charge is 2.41. The maximum Gasteiger partial charge on any atom is 0.308 e. The first-order chi connectivity index (χ1) is 11.5. The standard InChI is InChI=1S/C17H19N3O3S/c1-10-5-3-4-6-11(10)12-7-20(8-13(12)16(22)23)15(21)14-9-24-17(18-2)19-14/h3-6,9,12-13H,7-8H2,1-2H3,(H,18,19)(H,22,23)/t12-,13+/m0/s1. The largest absolute Gasteiger partial charge is 0.481 e. The average Bonchev–Trinajstić information content (AvgIpc) is 3.22. The Kier molecular flexibility index (Phi) is 4.53. The number of rotatable bonds is 4. The summed E-state index contributed by atoms with van der Waals surface area (Å²) in [6.07, 6.45) is 0. The molecule has 126 valence electrons. The van der Waals surface area contributed by atoms with E-state index in [1.54, 1.807) is 17.3 Å². The lowest BCUT2D eigenvalue weighted by Gasteiger charge is -2.17. The van der Waals surface area contributed by atoms with Crippen molar-refractivity contribution in [2.75, 3.05) is 25.5 Å². The molecule has 0 saturated carbocycles. The van der Waals surface area contributed by atoms with Gasteiger partial charge in [-0.15, -0.1) is 11.3 Å². The maximum absolute atomic E-state index is 12.7. The van der Waals surface area contributed by atoms with E-state index in [0.717, 1.165) is 11.1 Å². The number of nitrogens with zero attached hydrogens (tertiary/aromatic N) is 2. The number of hydrogen-bond acceptors (Lipinski definition) is 5. The van der Waals surface area contributed by atoms with E-state index in [9.17, 15) is 14.7 Å². The van der Waals surface area contributed by atoms with Gasteiger partial charge in [-0.1, -0.05) is 24.3 Å². The Morgan fingerprint density at radius 1 is 1.33 bits per heavy atom. The topological polar surface area (TPSA) is 82.5 Å². The lowest BCUT2D eigenvalue weighted by Crippen LogP contribution is -2.30. The van der Waals surface area contributed by atoms with E-state index in [1.807, 2.05) is 31.2 Å². The molecule has 2 aromatic rings. The molecule has 7 heteroatoms. The third-order valence-electron chi connectivity index (χ3n) is 4.45. The molecule has 1 saturated heterocycles. The Labute approximate surface area is 144 Å². The molecule has 1 aromatic carbocycles. The molecule has 2 heterocycles. The molecule has 0 spiro atoms. The van der Waals surface area contributed by atoms with Crippen LogP contribution in [-0.4, -0.2) is 47.0 Å². The summed E-state index contributed by atoms with van der Waals surface area (Å²) in [7, 11) is 1.75. The smallest absolute Gasteiger partial charge is 0.308 e. The van der Waals surface area contributed by atoms with Gasteiger partial charge in [0.05, 0.1) is 5.92 Å². The van der Waals surface area contributed by atoms with Gasteiger partial charge in [0.2, 0.25) is 0 Å². The number of likely N-dealkylation sites (tertiary alicyclic amines) is 1. The molecule has 1 amide bonds. The van der Waals surface area contributed by atoms with E-state index in [4.69, 9.17) is 0 Å². The number of aromatic nitrogens is 1. The highest BCUT2D eigenvalue weighted by atomic mass is 32.1. The minimum absolute atomic E-state index is 0.199. The molecule has 0 bridgehead atoms. The van der Waals surface area contributed by atoms with E-state index in [2.05, 4.69) is 10.3 Å². The number of carboxylic acids is 1. The minimum Gasteiger partial charge on any atom is -0.481 e. The summed E-state index contributed by atoms with van der Waals surface area (Å²) in [5.41, 5.74) is 2.41. The van der Waals surface area contributed by atoms with Gasteiger partial charge in [0, 0.05) is 31.4 Å². The van der Waals surface area contributed by atoms with Crippen molar-refractivity contribution in [3.8, 4) is 0 Å². The van der Waals surface area contributed by atoms with Crippen LogP contribution in [0.1, 0.15) is 27.5 Å². The predicted octanol–water partition coefficient (Wildman–Crippen LogP) is 2.43. The summed E-state index contributed by atoms with van der Waals surface area (Å²) in [6.45, 7) is 2.57. The van der Waals surface area contributed by atoms with Gasteiger partial charge in [0.1, 0.15) is 5.69 Å². The van der Waals surface area contributed by atoms with Crippen LogP contribution in [0.2, 0.25) is 0 Å². The molecule has 24 heavy (non-hydrogen) atoms. The molecular weight excluding hydrogens is 326 g/mol. The van der Waals surface area contributed by atoms with Crippen LogP contribution >= 0.6 is 11.3 Å². The Morgan fingerprint density at radius 2 is 2.08 bits per heavy atom. The molecule has 0 aliphatic carbocycles. The molecule has 1 aromatic heterocycles. The number of aliphatic carboxylic acids is 1. The van der Waals surface area contributed by atoms with Crippen LogP contribution in [-0.2, 0) is 4.79 Å². The van der Waals surface area contributed by atoms with Crippen molar-refractivity contribution in [2.24, 2.45) is 5.92 Å². The second-order valence-corrected chi connectivity index (χ2v) is 6.76. The van der Waals surface area contributed by atoms with Gasteiger partial charge in [-0.2, -0.15) is 0 Å². The maximum atomic E-state index is 12.7. The Balaban J connectivity index is 1.86. The molecule has 2 N–H and O–H groups in total. The Bertz CT molecular complexity index is 774. The second-order valence-electron chi connectivity index (χ2n) is 5.91. The van der Waals surface area contributed by atoms with Gasteiger partial charge in [-0.3, -0.25) is 9.59 Å². The highest BCUT2D eigenvalue weighted by Crippen LogP contribution is 2.35. The van der Waals surface area contributed by atoms with Crippen molar-refractivity contribution in [3.05, 3.63) is 46.5 Å². The first-order valence-corrected chi connectivity index (χ1v) is 8.60. The number of thiazole rings is 1. The van der Waals surface area contributed by atoms with Crippen LogP contribution in [0.25, 0.3) is 0 Å². The van der Waals surface area contributed by atoms with Gasteiger partial charge in [-0.25, -0.2) is 4.98 Å².